The molecule has 0 N–H and O–H groups in total. The van der Waals surface area contributed by atoms with E-state index in [2.05, 4.69) is 24.3 Å². The van der Waals surface area contributed by atoms with Crippen molar-refractivity contribution in [3.05, 3.63) is 76.7 Å². The number of ether oxygens (including phenoxy) is 2. The van der Waals surface area contributed by atoms with Gasteiger partial charge >= 0.3 is 0 Å². The van der Waals surface area contributed by atoms with Crippen molar-refractivity contribution < 1.29 is 19.1 Å². The number of amides is 2. The van der Waals surface area contributed by atoms with Gasteiger partial charge in [-0.25, -0.2) is 0 Å². The minimum absolute atomic E-state index is 0.219. The maximum atomic E-state index is 12.5. The van der Waals surface area contributed by atoms with Crippen molar-refractivity contribution in [1.82, 2.24) is 4.90 Å². The van der Waals surface area contributed by atoms with Gasteiger partial charge in [0.15, 0.2) is 11.5 Å². The first kappa shape index (κ1) is 22.0. The molecule has 1 aliphatic heterocycles. The fourth-order valence-electron chi connectivity index (χ4n) is 3.64. The molecule has 0 spiro atoms. The van der Waals surface area contributed by atoms with E-state index in [-0.39, 0.29) is 11.1 Å². The molecular weight excluding hydrogens is 422 g/mol. The Kier molecular flexibility index (Phi) is 6.81. The summed E-state index contributed by atoms with van der Waals surface area (Å²) < 4.78 is 11.9. The van der Waals surface area contributed by atoms with E-state index < -0.39 is 0 Å². The second-order valence-electron chi connectivity index (χ2n) is 7.40. The van der Waals surface area contributed by atoms with Crippen LogP contribution in [0.5, 0.6) is 11.5 Å². The highest BCUT2D eigenvalue weighted by molar-refractivity contribution is 8.18. The van der Waals surface area contributed by atoms with Crippen LogP contribution in [0.1, 0.15) is 31.4 Å². The number of hydrogen-bond acceptors (Lipinski definition) is 5. The first-order valence-corrected chi connectivity index (χ1v) is 11.5. The van der Waals surface area contributed by atoms with Crippen molar-refractivity contribution in [2.45, 2.75) is 26.9 Å². The van der Waals surface area contributed by atoms with Gasteiger partial charge < -0.3 is 9.47 Å². The predicted molar refractivity (Wildman–Crippen MR) is 129 cm³/mol. The minimum atomic E-state index is -0.240. The Morgan fingerprint density at radius 1 is 0.938 bits per heavy atom. The molecule has 3 aromatic rings. The highest BCUT2D eigenvalue weighted by Gasteiger charge is 2.34. The van der Waals surface area contributed by atoms with Crippen molar-refractivity contribution in [3.63, 3.8) is 0 Å². The fourth-order valence-corrected chi connectivity index (χ4v) is 4.51. The molecule has 32 heavy (non-hydrogen) atoms. The van der Waals surface area contributed by atoms with Gasteiger partial charge in [0.25, 0.3) is 11.1 Å². The SMILES string of the molecule is CCCN1C(=O)SC(=Cc2ccc(OCc3cccc4ccccc34)c(OCC)c2)C1=O. The second kappa shape index (κ2) is 9.92. The zero-order valence-electron chi connectivity index (χ0n) is 18.2. The van der Waals surface area contributed by atoms with Gasteiger partial charge in [0.2, 0.25) is 0 Å². The number of nitrogens with zero attached hydrogens (tertiary/aromatic N) is 1. The zero-order valence-corrected chi connectivity index (χ0v) is 19.0. The molecule has 0 aliphatic carbocycles. The van der Waals surface area contributed by atoms with E-state index in [1.165, 1.54) is 10.3 Å². The van der Waals surface area contributed by atoms with Crippen LogP contribution >= 0.6 is 11.8 Å². The van der Waals surface area contributed by atoms with Gasteiger partial charge in [-0.3, -0.25) is 14.5 Å². The Morgan fingerprint density at radius 2 is 1.75 bits per heavy atom. The van der Waals surface area contributed by atoms with Gasteiger partial charge in [0, 0.05) is 6.54 Å². The molecule has 3 aromatic carbocycles. The molecule has 0 aromatic heterocycles. The third-order valence-corrected chi connectivity index (χ3v) is 6.06. The maximum absolute atomic E-state index is 12.5. The Morgan fingerprint density at radius 3 is 2.56 bits per heavy atom. The highest BCUT2D eigenvalue weighted by atomic mass is 32.2. The molecule has 4 rings (SSSR count). The Labute approximate surface area is 192 Å². The van der Waals surface area contributed by atoms with Crippen LogP contribution in [-0.4, -0.2) is 29.2 Å². The Balaban J connectivity index is 1.56. The maximum Gasteiger partial charge on any atom is 0.293 e. The standard InChI is InChI=1S/C26H25NO4S/c1-3-14-27-25(28)24(32-26(27)29)16-18-12-13-22(23(15-18)30-4-2)31-17-20-10-7-9-19-8-5-6-11-21(19)20/h5-13,15-16H,3-4,14,17H2,1-2H3. The topological polar surface area (TPSA) is 55.8 Å². The largest absolute Gasteiger partial charge is 0.490 e. The summed E-state index contributed by atoms with van der Waals surface area (Å²) in [5, 5.41) is 2.11. The molecule has 0 saturated carbocycles. The molecule has 1 saturated heterocycles. The lowest BCUT2D eigenvalue weighted by Crippen LogP contribution is -2.28. The number of benzene rings is 3. The summed E-state index contributed by atoms with van der Waals surface area (Å²) in [6.45, 7) is 5.19. The summed E-state index contributed by atoms with van der Waals surface area (Å²) >= 11 is 0.975. The van der Waals surface area contributed by atoms with Gasteiger partial charge in [0.1, 0.15) is 6.61 Å². The van der Waals surface area contributed by atoms with Crippen LogP contribution in [0.25, 0.3) is 16.8 Å². The van der Waals surface area contributed by atoms with Crippen molar-refractivity contribution in [3.8, 4) is 11.5 Å². The van der Waals surface area contributed by atoms with Crippen molar-refractivity contribution in [2.24, 2.45) is 0 Å². The smallest absolute Gasteiger partial charge is 0.293 e. The van der Waals surface area contributed by atoms with E-state index >= 15 is 0 Å². The number of hydrogen-bond donors (Lipinski definition) is 0. The first-order chi connectivity index (χ1) is 15.6. The van der Waals surface area contributed by atoms with Crippen molar-refractivity contribution in [2.75, 3.05) is 13.2 Å². The van der Waals surface area contributed by atoms with Crippen LogP contribution in [0.4, 0.5) is 4.79 Å². The molecule has 0 atom stereocenters. The summed E-state index contributed by atoms with van der Waals surface area (Å²) in [6, 6.07) is 19.9. The summed E-state index contributed by atoms with van der Waals surface area (Å²) in [5.41, 5.74) is 1.88. The summed E-state index contributed by atoms with van der Waals surface area (Å²) in [5.74, 6) is 1.00. The average Bonchev–Trinajstić information content (AvgIpc) is 3.06. The molecule has 6 heteroatoms. The molecular formula is C26H25NO4S. The fraction of sp³-hybridized carbons (Fsp3) is 0.231. The normalized spacial score (nSPS) is 15.1. The lowest BCUT2D eigenvalue weighted by molar-refractivity contribution is -0.122. The number of imide groups is 1. The van der Waals surface area contributed by atoms with E-state index in [0.717, 1.165) is 34.7 Å². The molecule has 0 bridgehead atoms. The van der Waals surface area contributed by atoms with Gasteiger partial charge in [-0.2, -0.15) is 0 Å². The molecule has 5 nitrogen and oxygen atoms in total. The van der Waals surface area contributed by atoms with E-state index in [4.69, 9.17) is 9.47 Å². The monoisotopic (exact) mass is 447 g/mol. The lowest BCUT2D eigenvalue weighted by atomic mass is 10.1. The minimum Gasteiger partial charge on any atom is -0.490 e. The number of fused-ring (bicyclic) bond motifs is 1. The van der Waals surface area contributed by atoms with Crippen LogP contribution in [0.2, 0.25) is 0 Å². The Hall–Kier alpha value is -3.25. The van der Waals surface area contributed by atoms with Crippen LogP contribution in [0, 0.1) is 0 Å². The second-order valence-corrected chi connectivity index (χ2v) is 8.39. The molecule has 2 amide bonds. The predicted octanol–water partition coefficient (Wildman–Crippen LogP) is 6.26. The van der Waals surface area contributed by atoms with Gasteiger partial charge in [-0.1, -0.05) is 55.5 Å². The lowest BCUT2D eigenvalue weighted by Gasteiger charge is -2.14. The van der Waals surface area contributed by atoms with Crippen molar-refractivity contribution >= 4 is 39.8 Å². The molecule has 164 valence electrons. The number of carbonyl (C=O) groups excluding carboxylic acids is 2. The Bertz CT molecular complexity index is 1180. The third kappa shape index (κ3) is 4.65. The molecule has 0 radical (unpaired) electrons. The molecule has 1 aliphatic rings. The highest BCUT2D eigenvalue weighted by Crippen LogP contribution is 2.35. The first-order valence-electron chi connectivity index (χ1n) is 10.7. The van der Waals surface area contributed by atoms with E-state index in [9.17, 15) is 9.59 Å². The van der Waals surface area contributed by atoms with E-state index in [1.807, 2.05) is 50.2 Å². The van der Waals surface area contributed by atoms with E-state index in [0.29, 0.717) is 36.2 Å². The number of thioether (sulfide) groups is 1. The molecule has 1 fully saturated rings. The average molecular weight is 448 g/mol. The summed E-state index contributed by atoms with van der Waals surface area (Å²) in [7, 11) is 0. The number of rotatable bonds is 8. The quantitative estimate of drug-likeness (QED) is 0.381. The van der Waals surface area contributed by atoms with E-state index in [1.54, 1.807) is 6.08 Å². The van der Waals surface area contributed by atoms with Crippen molar-refractivity contribution in [1.29, 1.82) is 0 Å². The van der Waals surface area contributed by atoms with Crippen LogP contribution in [0.3, 0.4) is 0 Å². The number of carbonyl (C=O) groups is 2. The third-order valence-electron chi connectivity index (χ3n) is 5.15. The molecule has 0 unspecified atom stereocenters. The van der Waals surface area contributed by atoms with Crippen LogP contribution in [0.15, 0.2) is 65.6 Å². The van der Waals surface area contributed by atoms with Crippen LogP contribution < -0.4 is 9.47 Å². The zero-order chi connectivity index (χ0) is 22.5. The summed E-state index contributed by atoms with van der Waals surface area (Å²) in [6.07, 6.45) is 2.47. The van der Waals surface area contributed by atoms with Gasteiger partial charge in [0.05, 0.1) is 11.5 Å². The summed E-state index contributed by atoms with van der Waals surface area (Å²) in [4.78, 5) is 26.3. The van der Waals surface area contributed by atoms with Crippen LogP contribution in [-0.2, 0) is 11.4 Å². The van der Waals surface area contributed by atoms with Gasteiger partial charge in [-0.05, 0) is 65.2 Å². The van der Waals surface area contributed by atoms with Gasteiger partial charge in [-0.15, -0.1) is 0 Å². The molecule has 1 heterocycles.